The third-order valence-electron chi connectivity index (χ3n) is 5.38. The third kappa shape index (κ3) is 4.99. The molecule has 0 saturated carbocycles. The van der Waals surface area contributed by atoms with Gasteiger partial charge in [-0.15, -0.1) is 0 Å². The maximum absolute atomic E-state index is 6.25. The van der Waals surface area contributed by atoms with Crippen LogP contribution in [0.3, 0.4) is 0 Å². The number of aromatic nitrogens is 1. The first-order chi connectivity index (χ1) is 14.2. The lowest BCUT2D eigenvalue weighted by molar-refractivity contribution is 0.270. The molecule has 29 heavy (non-hydrogen) atoms. The summed E-state index contributed by atoms with van der Waals surface area (Å²) >= 11 is 6.25. The zero-order chi connectivity index (χ0) is 20.1. The fraction of sp³-hybridized carbons (Fsp3) is 0.348. The Kier molecular flexibility index (Phi) is 6.49. The Morgan fingerprint density at radius 3 is 2.55 bits per heavy atom. The predicted octanol–water partition coefficient (Wildman–Crippen LogP) is 4.43. The number of benzene rings is 1. The molecule has 0 atom stereocenters. The first kappa shape index (κ1) is 20.0. The van der Waals surface area contributed by atoms with Gasteiger partial charge in [0.05, 0.1) is 11.6 Å². The lowest BCUT2D eigenvalue weighted by Gasteiger charge is -2.34. The van der Waals surface area contributed by atoms with Crippen molar-refractivity contribution in [3.8, 4) is 11.3 Å². The molecule has 6 heteroatoms. The minimum absolute atomic E-state index is 0.658. The van der Waals surface area contributed by atoms with Crippen molar-refractivity contribution in [3.63, 3.8) is 0 Å². The highest BCUT2D eigenvalue weighted by molar-refractivity contribution is 6.33. The Bertz CT molecular complexity index is 917. The van der Waals surface area contributed by atoms with Gasteiger partial charge in [0.15, 0.2) is 0 Å². The Balaban J connectivity index is 1.28. The summed E-state index contributed by atoms with van der Waals surface area (Å²) in [6, 6.07) is 15.9. The Labute approximate surface area is 177 Å². The van der Waals surface area contributed by atoms with Crippen LogP contribution in [-0.2, 0) is 13.1 Å². The summed E-state index contributed by atoms with van der Waals surface area (Å²) in [7, 11) is 0. The second-order valence-corrected chi connectivity index (χ2v) is 7.70. The van der Waals surface area contributed by atoms with Gasteiger partial charge in [0.2, 0.25) is 0 Å². The molecule has 0 aliphatic carbocycles. The summed E-state index contributed by atoms with van der Waals surface area (Å²) in [5.74, 6) is 2.75. The first-order valence-corrected chi connectivity index (χ1v) is 10.6. The molecule has 4 rings (SSSR count). The van der Waals surface area contributed by atoms with E-state index >= 15 is 0 Å². The van der Waals surface area contributed by atoms with E-state index in [1.54, 1.807) is 0 Å². The molecule has 3 aromatic rings. The number of furan rings is 1. The van der Waals surface area contributed by atoms with Gasteiger partial charge in [0.1, 0.15) is 17.3 Å². The van der Waals surface area contributed by atoms with Crippen molar-refractivity contribution in [1.29, 1.82) is 0 Å². The summed E-state index contributed by atoms with van der Waals surface area (Å²) in [4.78, 5) is 9.50. The maximum atomic E-state index is 6.25. The normalized spacial score (nSPS) is 15.0. The Morgan fingerprint density at radius 1 is 1.00 bits per heavy atom. The number of halogens is 1. The van der Waals surface area contributed by atoms with E-state index in [2.05, 4.69) is 39.2 Å². The number of likely N-dealkylation sites (N-methyl/N-ethyl adjacent to an activating group) is 1. The van der Waals surface area contributed by atoms with E-state index in [-0.39, 0.29) is 0 Å². The van der Waals surface area contributed by atoms with E-state index in [0.29, 0.717) is 11.6 Å². The maximum Gasteiger partial charge on any atom is 0.135 e. The fourth-order valence-electron chi connectivity index (χ4n) is 3.61. The molecule has 1 N–H and O–H groups in total. The number of rotatable bonds is 7. The molecule has 5 nitrogen and oxygen atoms in total. The molecule has 0 unspecified atom stereocenters. The lowest BCUT2D eigenvalue weighted by atomic mass is 10.2. The van der Waals surface area contributed by atoms with Crippen LogP contribution in [0.15, 0.2) is 59.1 Å². The van der Waals surface area contributed by atoms with E-state index in [1.807, 2.05) is 42.6 Å². The second kappa shape index (κ2) is 9.44. The van der Waals surface area contributed by atoms with Crippen LogP contribution in [0.1, 0.15) is 18.2 Å². The van der Waals surface area contributed by atoms with Gasteiger partial charge >= 0.3 is 0 Å². The second-order valence-electron chi connectivity index (χ2n) is 7.30. The van der Waals surface area contributed by atoms with Gasteiger partial charge in [-0.05, 0) is 42.4 Å². The summed E-state index contributed by atoms with van der Waals surface area (Å²) in [5.41, 5.74) is 2.08. The van der Waals surface area contributed by atoms with Crippen LogP contribution in [0.25, 0.3) is 11.3 Å². The van der Waals surface area contributed by atoms with Crippen LogP contribution in [0.2, 0.25) is 5.02 Å². The van der Waals surface area contributed by atoms with Gasteiger partial charge < -0.3 is 19.5 Å². The highest BCUT2D eigenvalue weighted by atomic mass is 35.5. The van der Waals surface area contributed by atoms with Crippen LogP contribution < -0.4 is 10.2 Å². The number of nitrogens with one attached hydrogen (secondary N) is 1. The number of nitrogens with zero attached hydrogens (tertiary/aromatic N) is 3. The number of piperazine rings is 1. The Morgan fingerprint density at radius 2 is 1.83 bits per heavy atom. The van der Waals surface area contributed by atoms with Crippen molar-refractivity contribution < 1.29 is 4.42 Å². The SMILES string of the molecule is CCN1CCN(c2ccc(CNCc3ccc(-c4ccccc4Cl)o3)cn2)CC1. The molecule has 0 spiro atoms. The van der Waals surface area contributed by atoms with Crippen molar-refractivity contribution in [2.24, 2.45) is 0 Å². The van der Waals surface area contributed by atoms with E-state index in [1.165, 1.54) is 5.56 Å². The average Bonchev–Trinajstić information content (AvgIpc) is 3.23. The molecule has 2 aromatic heterocycles. The van der Waals surface area contributed by atoms with Gasteiger partial charge in [-0.2, -0.15) is 0 Å². The Hall–Kier alpha value is -2.34. The summed E-state index contributed by atoms with van der Waals surface area (Å²) in [6.07, 6.45) is 1.96. The van der Waals surface area contributed by atoms with Gasteiger partial charge in [-0.25, -0.2) is 4.98 Å². The largest absolute Gasteiger partial charge is 0.460 e. The zero-order valence-corrected chi connectivity index (χ0v) is 17.5. The molecule has 1 aliphatic heterocycles. The van der Waals surface area contributed by atoms with Crippen molar-refractivity contribution in [3.05, 3.63) is 71.1 Å². The van der Waals surface area contributed by atoms with Gasteiger partial charge in [-0.3, -0.25) is 0 Å². The molecule has 1 saturated heterocycles. The molecular weight excluding hydrogens is 384 g/mol. The molecule has 0 amide bonds. The van der Waals surface area contributed by atoms with Crippen LogP contribution in [-0.4, -0.2) is 42.6 Å². The van der Waals surface area contributed by atoms with Gasteiger partial charge in [0.25, 0.3) is 0 Å². The third-order valence-corrected chi connectivity index (χ3v) is 5.71. The smallest absolute Gasteiger partial charge is 0.135 e. The summed E-state index contributed by atoms with van der Waals surface area (Å²) in [5, 5.41) is 4.12. The number of anilines is 1. The fourth-order valence-corrected chi connectivity index (χ4v) is 3.84. The first-order valence-electron chi connectivity index (χ1n) is 10.2. The quantitative estimate of drug-likeness (QED) is 0.624. The molecule has 0 radical (unpaired) electrons. The number of hydrogen-bond acceptors (Lipinski definition) is 5. The lowest BCUT2D eigenvalue weighted by Crippen LogP contribution is -2.46. The van der Waals surface area contributed by atoms with E-state index < -0.39 is 0 Å². The van der Waals surface area contributed by atoms with E-state index in [9.17, 15) is 0 Å². The molecule has 1 aliphatic rings. The molecule has 3 heterocycles. The van der Waals surface area contributed by atoms with Crippen molar-refractivity contribution in [1.82, 2.24) is 15.2 Å². The molecule has 1 aromatic carbocycles. The van der Waals surface area contributed by atoms with E-state index in [4.69, 9.17) is 16.0 Å². The molecular formula is C23H27ClN4O. The van der Waals surface area contributed by atoms with Crippen molar-refractivity contribution in [2.45, 2.75) is 20.0 Å². The predicted molar refractivity (Wildman–Crippen MR) is 118 cm³/mol. The summed E-state index contributed by atoms with van der Waals surface area (Å²) in [6.45, 7) is 9.07. The van der Waals surface area contributed by atoms with Crippen LogP contribution >= 0.6 is 11.6 Å². The van der Waals surface area contributed by atoms with Crippen LogP contribution in [0.4, 0.5) is 5.82 Å². The minimum atomic E-state index is 0.658. The topological polar surface area (TPSA) is 44.5 Å². The van der Waals surface area contributed by atoms with Gasteiger partial charge in [-0.1, -0.05) is 36.7 Å². The average molecular weight is 411 g/mol. The van der Waals surface area contributed by atoms with Crippen LogP contribution in [0.5, 0.6) is 0 Å². The molecule has 0 bridgehead atoms. The highest BCUT2D eigenvalue weighted by Gasteiger charge is 2.16. The minimum Gasteiger partial charge on any atom is -0.460 e. The molecule has 1 fully saturated rings. The summed E-state index contributed by atoms with van der Waals surface area (Å²) < 4.78 is 5.93. The van der Waals surface area contributed by atoms with E-state index in [0.717, 1.165) is 62.2 Å². The van der Waals surface area contributed by atoms with Crippen molar-refractivity contribution >= 4 is 17.4 Å². The number of pyridine rings is 1. The standard InChI is InChI=1S/C23H27ClN4O/c1-2-27-11-13-28(14-12-27)23-10-7-18(16-26-23)15-25-17-19-8-9-22(29-19)20-5-3-4-6-21(20)24/h3-10,16,25H,2,11-15,17H2,1H3. The zero-order valence-electron chi connectivity index (χ0n) is 16.8. The molecule has 152 valence electrons. The van der Waals surface area contributed by atoms with Gasteiger partial charge in [0, 0.05) is 44.5 Å². The number of hydrogen-bond donors (Lipinski definition) is 1. The van der Waals surface area contributed by atoms with Crippen LogP contribution in [0, 0.1) is 0 Å². The monoisotopic (exact) mass is 410 g/mol. The van der Waals surface area contributed by atoms with Crippen molar-refractivity contribution in [2.75, 3.05) is 37.6 Å². The highest BCUT2D eigenvalue weighted by Crippen LogP contribution is 2.29.